The molecule has 0 fully saturated rings. The standard InChI is InChI=1S/C14H22BrNO/c1-12-7-8-14(13(15)11-12)17-10-6-4-3-5-9-16-2/h7-8,11,16H,3-6,9-10H2,1-2H3. The summed E-state index contributed by atoms with van der Waals surface area (Å²) in [6.07, 6.45) is 4.90. The van der Waals surface area contributed by atoms with Gasteiger partial charge in [0.2, 0.25) is 0 Å². The van der Waals surface area contributed by atoms with Crippen LogP contribution in [0.1, 0.15) is 31.2 Å². The Kier molecular flexibility index (Phi) is 7.29. The monoisotopic (exact) mass is 299 g/mol. The predicted molar refractivity (Wildman–Crippen MR) is 76.8 cm³/mol. The Morgan fingerprint density at radius 1 is 1.18 bits per heavy atom. The van der Waals surface area contributed by atoms with Gasteiger partial charge in [-0.25, -0.2) is 0 Å². The first kappa shape index (κ1) is 14.5. The van der Waals surface area contributed by atoms with Crippen LogP contribution in [-0.2, 0) is 0 Å². The zero-order valence-corrected chi connectivity index (χ0v) is 12.3. The van der Waals surface area contributed by atoms with Gasteiger partial charge in [0.05, 0.1) is 11.1 Å². The maximum Gasteiger partial charge on any atom is 0.133 e. The van der Waals surface area contributed by atoms with Crippen LogP contribution in [0, 0.1) is 6.92 Å². The lowest BCUT2D eigenvalue weighted by Crippen LogP contribution is -2.07. The number of halogens is 1. The molecule has 0 amide bonds. The van der Waals surface area contributed by atoms with E-state index in [-0.39, 0.29) is 0 Å². The lowest BCUT2D eigenvalue weighted by molar-refractivity contribution is 0.303. The van der Waals surface area contributed by atoms with Crippen molar-refractivity contribution in [1.82, 2.24) is 5.32 Å². The van der Waals surface area contributed by atoms with Crippen LogP contribution in [0.4, 0.5) is 0 Å². The molecular weight excluding hydrogens is 278 g/mol. The molecule has 3 heteroatoms. The first-order valence-electron chi connectivity index (χ1n) is 6.27. The molecule has 0 saturated carbocycles. The summed E-state index contributed by atoms with van der Waals surface area (Å²) in [7, 11) is 2.00. The van der Waals surface area contributed by atoms with Crippen molar-refractivity contribution < 1.29 is 4.74 Å². The van der Waals surface area contributed by atoms with Crippen molar-refractivity contribution in [2.45, 2.75) is 32.6 Å². The highest BCUT2D eigenvalue weighted by molar-refractivity contribution is 9.10. The van der Waals surface area contributed by atoms with E-state index < -0.39 is 0 Å². The molecule has 0 aliphatic rings. The highest BCUT2D eigenvalue weighted by Gasteiger charge is 2.00. The molecule has 0 saturated heterocycles. The fraction of sp³-hybridized carbons (Fsp3) is 0.571. The highest BCUT2D eigenvalue weighted by atomic mass is 79.9. The second kappa shape index (κ2) is 8.54. The maximum absolute atomic E-state index is 5.74. The molecule has 2 nitrogen and oxygen atoms in total. The van der Waals surface area contributed by atoms with E-state index in [1.807, 2.05) is 13.1 Å². The fourth-order valence-electron chi connectivity index (χ4n) is 1.66. The van der Waals surface area contributed by atoms with Gasteiger partial charge in [-0.3, -0.25) is 0 Å². The van der Waals surface area contributed by atoms with Crippen molar-refractivity contribution in [2.75, 3.05) is 20.2 Å². The van der Waals surface area contributed by atoms with Gasteiger partial charge in [0.1, 0.15) is 5.75 Å². The van der Waals surface area contributed by atoms with Gasteiger partial charge in [0, 0.05) is 0 Å². The molecule has 0 spiro atoms. The van der Waals surface area contributed by atoms with Gasteiger partial charge in [-0.2, -0.15) is 0 Å². The van der Waals surface area contributed by atoms with Gasteiger partial charge in [-0.15, -0.1) is 0 Å². The molecule has 1 aromatic rings. The molecule has 0 aliphatic carbocycles. The average molecular weight is 300 g/mol. The van der Waals surface area contributed by atoms with Crippen molar-refractivity contribution in [3.8, 4) is 5.75 Å². The molecule has 0 heterocycles. The van der Waals surface area contributed by atoms with E-state index in [0.29, 0.717) is 0 Å². The minimum Gasteiger partial charge on any atom is -0.492 e. The molecule has 0 aromatic heterocycles. The largest absolute Gasteiger partial charge is 0.492 e. The van der Waals surface area contributed by atoms with Crippen LogP contribution in [0.2, 0.25) is 0 Å². The first-order valence-corrected chi connectivity index (χ1v) is 7.07. The number of unbranched alkanes of at least 4 members (excludes halogenated alkanes) is 3. The molecule has 0 atom stereocenters. The van der Waals surface area contributed by atoms with Gasteiger partial charge in [0.15, 0.2) is 0 Å². The van der Waals surface area contributed by atoms with Gasteiger partial charge in [0.25, 0.3) is 0 Å². The summed E-state index contributed by atoms with van der Waals surface area (Å²) >= 11 is 3.52. The van der Waals surface area contributed by atoms with Crippen LogP contribution in [0.25, 0.3) is 0 Å². The van der Waals surface area contributed by atoms with E-state index in [1.54, 1.807) is 0 Å². The summed E-state index contributed by atoms with van der Waals surface area (Å²) in [6.45, 7) is 4.00. The molecule has 0 unspecified atom stereocenters. The molecule has 0 bridgehead atoms. The van der Waals surface area contributed by atoms with Crippen LogP contribution < -0.4 is 10.1 Å². The zero-order chi connectivity index (χ0) is 12.5. The van der Waals surface area contributed by atoms with E-state index in [2.05, 4.69) is 40.3 Å². The first-order chi connectivity index (χ1) is 8.24. The molecule has 0 aliphatic heterocycles. The number of aryl methyl sites for hydroxylation is 1. The topological polar surface area (TPSA) is 21.3 Å². The Hall–Kier alpha value is -0.540. The number of ether oxygens (including phenoxy) is 1. The normalized spacial score (nSPS) is 10.5. The Bertz CT molecular complexity index is 328. The fourth-order valence-corrected chi connectivity index (χ4v) is 2.27. The van der Waals surface area contributed by atoms with Crippen LogP contribution in [-0.4, -0.2) is 20.2 Å². The van der Waals surface area contributed by atoms with E-state index in [9.17, 15) is 0 Å². The summed E-state index contributed by atoms with van der Waals surface area (Å²) in [5, 5.41) is 3.16. The van der Waals surface area contributed by atoms with Crippen molar-refractivity contribution >= 4 is 15.9 Å². The minimum atomic E-state index is 0.807. The smallest absolute Gasteiger partial charge is 0.133 e. The second-order valence-electron chi connectivity index (χ2n) is 4.30. The lowest BCUT2D eigenvalue weighted by Gasteiger charge is -2.08. The van der Waals surface area contributed by atoms with Crippen molar-refractivity contribution in [3.05, 3.63) is 28.2 Å². The molecule has 1 rings (SSSR count). The van der Waals surface area contributed by atoms with E-state index in [4.69, 9.17) is 4.74 Å². The number of nitrogens with one attached hydrogen (secondary N) is 1. The highest BCUT2D eigenvalue weighted by Crippen LogP contribution is 2.25. The Balaban J connectivity index is 2.14. The van der Waals surface area contributed by atoms with Gasteiger partial charge in [-0.05, 0) is 67.0 Å². The second-order valence-corrected chi connectivity index (χ2v) is 5.15. The molecular formula is C14H22BrNO. The van der Waals surface area contributed by atoms with Crippen molar-refractivity contribution in [2.24, 2.45) is 0 Å². The van der Waals surface area contributed by atoms with Crippen molar-refractivity contribution in [3.63, 3.8) is 0 Å². The summed E-state index contributed by atoms with van der Waals surface area (Å²) in [5.74, 6) is 0.950. The molecule has 96 valence electrons. The molecule has 17 heavy (non-hydrogen) atoms. The summed E-state index contributed by atoms with van der Waals surface area (Å²) < 4.78 is 6.78. The van der Waals surface area contributed by atoms with Crippen LogP contribution in [0.5, 0.6) is 5.75 Å². The quantitative estimate of drug-likeness (QED) is 0.735. The number of benzene rings is 1. The van der Waals surface area contributed by atoms with Gasteiger partial charge in [-0.1, -0.05) is 18.9 Å². The van der Waals surface area contributed by atoms with Crippen LogP contribution >= 0.6 is 15.9 Å². The van der Waals surface area contributed by atoms with Gasteiger partial charge < -0.3 is 10.1 Å². The minimum absolute atomic E-state index is 0.807. The predicted octanol–water partition coefficient (Wildman–Crippen LogP) is 3.92. The molecule has 0 radical (unpaired) electrons. The van der Waals surface area contributed by atoms with Crippen LogP contribution in [0.15, 0.2) is 22.7 Å². The third kappa shape index (κ3) is 6.08. The third-order valence-corrected chi connectivity index (χ3v) is 3.29. The number of hydrogen-bond acceptors (Lipinski definition) is 2. The zero-order valence-electron chi connectivity index (χ0n) is 10.8. The van der Waals surface area contributed by atoms with E-state index >= 15 is 0 Å². The average Bonchev–Trinajstić information content (AvgIpc) is 2.30. The van der Waals surface area contributed by atoms with Gasteiger partial charge >= 0.3 is 0 Å². The lowest BCUT2D eigenvalue weighted by atomic mass is 10.2. The van der Waals surface area contributed by atoms with Crippen molar-refractivity contribution in [1.29, 1.82) is 0 Å². The summed E-state index contributed by atoms with van der Waals surface area (Å²) in [4.78, 5) is 0. The molecule has 1 N–H and O–H groups in total. The Morgan fingerprint density at radius 3 is 2.65 bits per heavy atom. The van der Waals surface area contributed by atoms with E-state index in [1.165, 1.54) is 24.8 Å². The maximum atomic E-state index is 5.74. The summed E-state index contributed by atoms with van der Waals surface area (Å²) in [5.41, 5.74) is 1.25. The third-order valence-electron chi connectivity index (χ3n) is 2.67. The Morgan fingerprint density at radius 2 is 1.94 bits per heavy atom. The number of rotatable bonds is 8. The summed E-state index contributed by atoms with van der Waals surface area (Å²) in [6, 6.07) is 6.19. The van der Waals surface area contributed by atoms with E-state index in [0.717, 1.165) is 29.8 Å². The molecule has 1 aromatic carbocycles. The number of hydrogen-bond donors (Lipinski definition) is 1. The SMILES string of the molecule is CNCCCCCCOc1ccc(C)cc1Br. The van der Waals surface area contributed by atoms with Crippen LogP contribution in [0.3, 0.4) is 0 Å². The Labute approximate surface area is 113 Å².